The van der Waals surface area contributed by atoms with Crippen molar-refractivity contribution in [3.63, 3.8) is 0 Å². The van der Waals surface area contributed by atoms with Gasteiger partial charge in [0.05, 0.1) is 24.2 Å². The number of anilines is 2. The van der Waals surface area contributed by atoms with Gasteiger partial charge in [0.15, 0.2) is 0 Å². The Kier molecular flexibility index (Phi) is 6.89. The number of methoxy groups -OCH3 is 1. The third-order valence-electron chi connectivity index (χ3n) is 5.11. The molecule has 0 aliphatic carbocycles. The number of rotatable bonds is 8. The van der Waals surface area contributed by atoms with E-state index in [0.717, 1.165) is 5.56 Å². The fraction of sp³-hybridized carbons (Fsp3) is 0.0769. The summed E-state index contributed by atoms with van der Waals surface area (Å²) in [5, 5.41) is 2.68. The van der Waals surface area contributed by atoms with Gasteiger partial charge in [0, 0.05) is 11.8 Å². The molecule has 7 nitrogen and oxygen atoms in total. The highest BCUT2D eigenvalue weighted by atomic mass is 32.2. The van der Waals surface area contributed by atoms with Gasteiger partial charge in [0.25, 0.3) is 15.9 Å². The second-order valence-electron chi connectivity index (χ2n) is 7.37. The third kappa shape index (κ3) is 5.07. The number of hydrogen-bond donors (Lipinski definition) is 1. The highest BCUT2D eigenvalue weighted by molar-refractivity contribution is 7.92. The lowest BCUT2D eigenvalue weighted by Gasteiger charge is -2.26. The summed E-state index contributed by atoms with van der Waals surface area (Å²) in [6.07, 6.45) is 1.56. The molecule has 34 heavy (non-hydrogen) atoms. The van der Waals surface area contributed by atoms with E-state index in [1.54, 1.807) is 60.8 Å². The first-order valence-corrected chi connectivity index (χ1v) is 11.9. The van der Waals surface area contributed by atoms with Crippen LogP contribution in [-0.2, 0) is 16.6 Å². The van der Waals surface area contributed by atoms with Crippen LogP contribution in [0.5, 0.6) is 5.75 Å². The van der Waals surface area contributed by atoms with Gasteiger partial charge in [-0.2, -0.15) is 0 Å². The molecule has 0 bridgehead atoms. The first kappa shape index (κ1) is 23.0. The molecule has 0 aliphatic rings. The topological polar surface area (TPSA) is 88.6 Å². The number of sulfonamides is 1. The normalized spacial score (nSPS) is 11.0. The molecule has 4 rings (SSSR count). The van der Waals surface area contributed by atoms with E-state index in [2.05, 4.69) is 10.3 Å². The maximum atomic E-state index is 13.9. The van der Waals surface area contributed by atoms with Gasteiger partial charge in [-0.15, -0.1) is 0 Å². The molecule has 1 aromatic heterocycles. The Balaban J connectivity index is 1.73. The van der Waals surface area contributed by atoms with Gasteiger partial charge in [0.1, 0.15) is 11.6 Å². The first-order valence-electron chi connectivity index (χ1n) is 10.5. The quantitative estimate of drug-likeness (QED) is 0.399. The summed E-state index contributed by atoms with van der Waals surface area (Å²) in [5.41, 5.74) is 1.41. The van der Waals surface area contributed by atoms with Crippen molar-refractivity contribution in [3.8, 4) is 5.75 Å². The van der Waals surface area contributed by atoms with E-state index in [0.29, 0.717) is 17.3 Å². The summed E-state index contributed by atoms with van der Waals surface area (Å²) >= 11 is 0. The molecule has 0 spiro atoms. The van der Waals surface area contributed by atoms with Gasteiger partial charge in [0.2, 0.25) is 0 Å². The van der Waals surface area contributed by atoms with Crippen molar-refractivity contribution in [2.75, 3.05) is 16.7 Å². The van der Waals surface area contributed by atoms with Crippen LogP contribution in [0.1, 0.15) is 15.9 Å². The number of carbonyl (C=O) groups is 1. The van der Waals surface area contributed by atoms with Crippen LogP contribution >= 0.6 is 0 Å². The summed E-state index contributed by atoms with van der Waals surface area (Å²) in [4.78, 5) is 16.8. The summed E-state index contributed by atoms with van der Waals surface area (Å²) < 4.78 is 34.5. The zero-order valence-electron chi connectivity index (χ0n) is 18.5. The number of aromatic nitrogens is 1. The highest BCUT2D eigenvalue weighted by Gasteiger charge is 2.28. The van der Waals surface area contributed by atoms with Gasteiger partial charge >= 0.3 is 0 Å². The second-order valence-corrected chi connectivity index (χ2v) is 9.23. The molecule has 1 heterocycles. The van der Waals surface area contributed by atoms with E-state index in [4.69, 9.17) is 4.74 Å². The molecule has 0 saturated carbocycles. The van der Waals surface area contributed by atoms with Crippen LogP contribution in [0, 0.1) is 0 Å². The molecule has 0 aliphatic heterocycles. The van der Waals surface area contributed by atoms with Crippen molar-refractivity contribution in [3.05, 3.63) is 114 Å². The zero-order valence-corrected chi connectivity index (χ0v) is 19.3. The number of benzene rings is 3. The van der Waals surface area contributed by atoms with Crippen LogP contribution in [0.3, 0.4) is 0 Å². The number of hydrogen-bond acceptors (Lipinski definition) is 5. The minimum Gasteiger partial charge on any atom is -0.495 e. The molecule has 0 saturated heterocycles. The highest BCUT2D eigenvalue weighted by Crippen LogP contribution is 2.33. The van der Waals surface area contributed by atoms with Gasteiger partial charge in [-0.1, -0.05) is 54.6 Å². The molecular weight excluding hydrogens is 450 g/mol. The molecule has 1 N–H and O–H groups in total. The summed E-state index contributed by atoms with van der Waals surface area (Å²) in [5.74, 6) is 0.342. The molecule has 4 aromatic rings. The number of amides is 1. The van der Waals surface area contributed by atoms with Gasteiger partial charge in [-0.3, -0.25) is 9.10 Å². The number of pyridine rings is 1. The van der Waals surface area contributed by atoms with Gasteiger partial charge < -0.3 is 10.1 Å². The Hall–Kier alpha value is -4.17. The number of para-hydroxylation sites is 2. The van der Waals surface area contributed by atoms with Crippen LogP contribution in [0.4, 0.5) is 11.5 Å². The molecule has 0 radical (unpaired) electrons. The monoisotopic (exact) mass is 473 g/mol. The van der Waals surface area contributed by atoms with Crippen LogP contribution in [0.2, 0.25) is 0 Å². The predicted molar refractivity (Wildman–Crippen MR) is 131 cm³/mol. The minimum absolute atomic E-state index is 0.0111. The molecule has 3 aromatic carbocycles. The smallest absolute Gasteiger partial charge is 0.264 e. The second kappa shape index (κ2) is 10.2. The zero-order chi connectivity index (χ0) is 24.0. The Morgan fingerprint density at radius 1 is 0.912 bits per heavy atom. The Morgan fingerprint density at radius 2 is 1.65 bits per heavy atom. The Labute approximate surface area is 198 Å². The molecule has 0 unspecified atom stereocenters. The molecule has 0 atom stereocenters. The predicted octanol–water partition coefficient (Wildman–Crippen LogP) is 4.74. The van der Waals surface area contributed by atoms with Crippen molar-refractivity contribution in [1.82, 2.24) is 4.98 Å². The molecule has 172 valence electrons. The average Bonchev–Trinajstić information content (AvgIpc) is 2.88. The summed E-state index contributed by atoms with van der Waals surface area (Å²) in [6, 6.07) is 27.3. The third-order valence-corrected chi connectivity index (χ3v) is 6.87. The fourth-order valence-corrected chi connectivity index (χ4v) is 4.94. The van der Waals surface area contributed by atoms with Crippen LogP contribution in [0.15, 0.2) is 108 Å². The number of ether oxygens (including phenoxy) is 1. The van der Waals surface area contributed by atoms with Crippen molar-refractivity contribution < 1.29 is 17.9 Å². The van der Waals surface area contributed by atoms with Crippen molar-refractivity contribution >= 4 is 27.4 Å². The maximum absolute atomic E-state index is 13.9. The van der Waals surface area contributed by atoms with Gasteiger partial charge in [-0.05, 0) is 48.0 Å². The first-order chi connectivity index (χ1) is 16.5. The van der Waals surface area contributed by atoms with Gasteiger partial charge in [-0.25, -0.2) is 13.4 Å². The fourth-order valence-electron chi connectivity index (χ4n) is 3.43. The van der Waals surface area contributed by atoms with E-state index >= 15 is 0 Å². The van der Waals surface area contributed by atoms with E-state index < -0.39 is 15.9 Å². The molecule has 1 amide bonds. The van der Waals surface area contributed by atoms with Crippen molar-refractivity contribution in [1.29, 1.82) is 0 Å². The van der Waals surface area contributed by atoms with E-state index in [1.165, 1.54) is 23.5 Å². The molecule has 8 heteroatoms. The average molecular weight is 474 g/mol. The Morgan fingerprint density at radius 3 is 2.38 bits per heavy atom. The van der Waals surface area contributed by atoms with E-state index in [9.17, 15) is 13.2 Å². The standard InChI is InChI=1S/C26H23N3O4S/c1-33-24-15-6-5-14-23(24)29(19-20-10-3-2-4-11-20)34(31,32)22-13-9-12-21(18-22)26(30)28-25-16-7-8-17-27-25/h2-18H,19H2,1H3,(H,27,28,30). The molecule has 0 fully saturated rings. The lowest BCUT2D eigenvalue weighted by Crippen LogP contribution is -2.31. The lowest BCUT2D eigenvalue weighted by molar-refractivity contribution is 0.102. The van der Waals surface area contributed by atoms with Crippen LogP contribution in [0.25, 0.3) is 0 Å². The Bertz CT molecular complexity index is 1380. The molecular formula is C26H23N3O4S. The lowest BCUT2D eigenvalue weighted by atomic mass is 10.2. The van der Waals surface area contributed by atoms with Crippen molar-refractivity contribution in [2.45, 2.75) is 11.4 Å². The largest absolute Gasteiger partial charge is 0.495 e. The minimum atomic E-state index is -4.06. The SMILES string of the molecule is COc1ccccc1N(Cc1ccccc1)S(=O)(=O)c1cccc(C(=O)Nc2ccccn2)c1. The summed E-state index contributed by atoms with van der Waals surface area (Å²) in [6.45, 7) is 0.0912. The number of nitrogens with zero attached hydrogens (tertiary/aromatic N) is 2. The van der Waals surface area contributed by atoms with E-state index in [1.807, 2.05) is 30.3 Å². The van der Waals surface area contributed by atoms with Crippen molar-refractivity contribution in [2.24, 2.45) is 0 Å². The number of carbonyl (C=O) groups excluding carboxylic acids is 1. The number of nitrogens with one attached hydrogen (secondary N) is 1. The summed E-state index contributed by atoms with van der Waals surface area (Å²) in [7, 11) is -2.56. The van der Waals surface area contributed by atoms with Crippen LogP contribution < -0.4 is 14.4 Å². The maximum Gasteiger partial charge on any atom is 0.264 e. The van der Waals surface area contributed by atoms with Crippen LogP contribution in [-0.4, -0.2) is 26.4 Å². The van der Waals surface area contributed by atoms with E-state index in [-0.39, 0.29) is 17.0 Å².